The molecule has 0 aliphatic carbocycles. The van der Waals surface area contributed by atoms with Gasteiger partial charge in [0.15, 0.2) is 5.78 Å². The number of carbonyl (C=O) groups excluding carboxylic acids is 2. The van der Waals surface area contributed by atoms with Crippen LogP contribution in [-0.4, -0.2) is 58.6 Å². The van der Waals surface area contributed by atoms with Gasteiger partial charge in [-0.2, -0.15) is 0 Å². The van der Waals surface area contributed by atoms with E-state index in [1.807, 2.05) is 12.1 Å². The number of fused-ring (bicyclic) bond motifs is 1. The quantitative estimate of drug-likeness (QED) is 0.568. The van der Waals surface area contributed by atoms with Gasteiger partial charge in [0, 0.05) is 0 Å². The van der Waals surface area contributed by atoms with E-state index in [1.54, 1.807) is 39.2 Å². The predicted molar refractivity (Wildman–Crippen MR) is 129 cm³/mol. The molecule has 186 valence electrons. The molecule has 0 saturated heterocycles. The molecule has 3 N–H and O–H groups in total. The summed E-state index contributed by atoms with van der Waals surface area (Å²) < 4.78 is 16.7. The third-order valence-electron chi connectivity index (χ3n) is 5.63. The molecule has 0 unspecified atom stereocenters. The molecule has 1 heterocycles. The van der Waals surface area contributed by atoms with Gasteiger partial charge in [-0.05, 0) is 67.3 Å². The summed E-state index contributed by atoms with van der Waals surface area (Å²) in [5.41, 5.74) is 1.89. The SMILES string of the molecule is COc1ccc(CO[C@H]2/C=C\C(=O)[C@@H](O)[C@@H](O)C/C=C/c3cc(C)cc(O)c3C(=O)O[C@H]2C)cc1. The molecule has 1 aliphatic rings. The molecule has 4 atom stereocenters. The summed E-state index contributed by atoms with van der Waals surface area (Å²) in [6.45, 7) is 3.51. The van der Waals surface area contributed by atoms with E-state index in [0.29, 0.717) is 16.9 Å². The Morgan fingerprint density at radius 1 is 1.09 bits per heavy atom. The van der Waals surface area contributed by atoms with Crippen LogP contribution >= 0.6 is 0 Å². The summed E-state index contributed by atoms with van der Waals surface area (Å²) in [5, 5.41) is 30.9. The molecule has 0 spiro atoms. The van der Waals surface area contributed by atoms with Crippen molar-refractivity contribution in [3.8, 4) is 11.5 Å². The maximum atomic E-state index is 13.0. The highest BCUT2D eigenvalue weighted by Gasteiger charge is 2.27. The van der Waals surface area contributed by atoms with E-state index in [0.717, 1.165) is 11.6 Å². The zero-order valence-corrected chi connectivity index (χ0v) is 19.9. The fraction of sp³-hybridized carbons (Fsp3) is 0.333. The predicted octanol–water partition coefficient (Wildman–Crippen LogP) is 3.10. The van der Waals surface area contributed by atoms with Gasteiger partial charge in [-0.3, -0.25) is 4.79 Å². The number of cyclic esters (lactones) is 1. The molecule has 0 aromatic heterocycles. The molecular weight excluding hydrogens is 452 g/mol. The number of aromatic hydroxyl groups is 1. The fourth-order valence-corrected chi connectivity index (χ4v) is 3.65. The van der Waals surface area contributed by atoms with Crippen molar-refractivity contribution in [2.24, 2.45) is 0 Å². The summed E-state index contributed by atoms with van der Waals surface area (Å²) in [4.78, 5) is 25.4. The summed E-state index contributed by atoms with van der Waals surface area (Å²) in [6, 6.07) is 10.3. The number of rotatable bonds is 4. The van der Waals surface area contributed by atoms with Gasteiger partial charge >= 0.3 is 5.97 Å². The molecule has 0 amide bonds. The first-order chi connectivity index (χ1) is 16.7. The first kappa shape index (κ1) is 26.2. The van der Waals surface area contributed by atoms with Gasteiger partial charge in [0.25, 0.3) is 0 Å². The van der Waals surface area contributed by atoms with Crippen molar-refractivity contribution in [1.82, 2.24) is 0 Å². The highest BCUT2D eigenvalue weighted by atomic mass is 16.6. The van der Waals surface area contributed by atoms with E-state index in [4.69, 9.17) is 14.2 Å². The molecule has 2 aromatic carbocycles. The molecule has 2 aromatic rings. The van der Waals surface area contributed by atoms with Crippen LogP contribution in [0.15, 0.2) is 54.6 Å². The smallest absolute Gasteiger partial charge is 0.342 e. The summed E-state index contributed by atoms with van der Waals surface area (Å²) in [6.07, 6.45) is 0.812. The summed E-state index contributed by atoms with van der Waals surface area (Å²) in [7, 11) is 1.57. The second-order valence-electron chi connectivity index (χ2n) is 8.39. The van der Waals surface area contributed by atoms with E-state index in [9.17, 15) is 24.9 Å². The lowest BCUT2D eigenvalue weighted by Gasteiger charge is -2.23. The second-order valence-corrected chi connectivity index (χ2v) is 8.39. The van der Waals surface area contributed by atoms with E-state index < -0.39 is 36.2 Å². The lowest BCUT2D eigenvalue weighted by atomic mass is 10.00. The van der Waals surface area contributed by atoms with Gasteiger partial charge in [-0.25, -0.2) is 4.79 Å². The topological polar surface area (TPSA) is 123 Å². The normalized spacial score (nSPS) is 25.2. The van der Waals surface area contributed by atoms with Gasteiger partial charge in [-0.15, -0.1) is 0 Å². The highest BCUT2D eigenvalue weighted by Crippen LogP contribution is 2.27. The van der Waals surface area contributed by atoms with Crippen LogP contribution in [0, 0.1) is 6.92 Å². The van der Waals surface area contributed by atoms with Crippen molar-refractivity contribution >= 4 is 17.8 Å². The number of phenols is 1. The van der Waals surface area contributed by atoms with Crippen LogP contribution in [0.25, 0.3) is 6.08 Å². The van der Waals surface area contributed by atoms with Crippen LogP contribution < -0.4 is 4.74 Å². The summed E-state index contributed by atoms with van der Waals surface area (Å²) in [5.74, 6) is -1.01. The monoisotopic (exact) mass is 482 g/mol. The average Bonchev–Trinajstić information content (AvgIpc) is 2.82. The minimum absolute atomic E-state index is 0.0280. The standard InChI is InChI=1S/C27H30O8/c1-16-13-19-5-4-6-21(28)26(31)22(29)11-12-24(17(2)35-27(32)25(19)23(30)14-16)34-15-18-7-9-20(33-3)10-8-18/h4-5,7-14,17,21,24,26,28,30-31H,6,15H2,1-3H3/b5-4+,12-11-/t17-,21-,24-,26-/m0/s1. The Balaban J connectivity index is 1.92. The van der Waals surface area contributed by atoms with Crippen molar-refractivity contribution in [2.45, 2.75) is 51.3 Å². The van der Waals surface area contributed by atoms with Crippen LogP contribution in [0.5, 0.6) is 11.5 Å². The molecule has 8 heteroatoms. The number of aliphatic hydroxyl groups excluding tert-OH is 2. The van der Waals surface area contributed by atoms with Crippen molar-refractivity contribution in [3.63, 3.8) is 0 Å². The van der Waals surface area contributed by atoms with Gasteiger partial charge < -0.3 is 29.5 Å². The Labute approximate surface area is 204 Å². The van der Waals surface area contributed by atoms with Crippen LogP contribution in [-0.2, 0) is 20.9 Å². The first-order valence-electron chi connectivity index (χ1n) is 11.2. The van der Waals surface area contributed by atoms with Crippen LogP contribution in [0.3, 0.4) is 0 Å². The number of ketones is 1. The Bertz CT molecular complexity index is 1100. The number of hydrogen-bond donors (Lipinski definition) is 3. The second kappa shape index (κ2) is 11.8. The molecule has 0 fully saturated rings. The van der Waals surface area contributed by atoms with Crippen molar-refractivity contribution < 1.29 is 39.1 Å². The minimum Gasteiger partial charge on any atom is -0.507 e. The third-order valence-corrected chi connectivity index (χ3v) is 5.63. The number of hydrogen-bond acceptors (Lipinski definition) is 8. The number of carbonyl (C=O) groups is 2. The minimum atomic E-state index is -1.63. The van der Waals surface area contributed by atoms with Gasteiger partial charge in [0.2, 0.25) is 0 Å². The average molecular weight is 483 g/mol. The Morgan fingerprint density at radius 3 is 2.49 bits per heavy atom. The van der Waals surface area contributed by atoms with Crippen molar-refractivity contribution in [3.05, 3.63) is 76.9 Å². The number of aryl methyl sites for hydroxylation is 1. The number of benzene rings is 2. The molecule has 3 rings (SSSR count). The number of esters is 1. The Hall–Kier alpha value is -3.46. The molecular formula is C27H30O8. The maximum Gasteiger partial charge on any atom is 0.342 e. The molecule has 0 saturated carbocycles. The molecule has 1 aliphatic heterocycles. The fourth-order valence-electron chi connectivity index (χ4n) is 3.65. The largest absolute Gasteiger partial charge is 0.507 e. The van der Waals surface area contributed by atoms with E-state index in [1.165, 1.54) is 24.3 Å². The lowest BCUT2D eigenvalue weighted by molar-refractivity contribution is -0.127. The maximum absolute atomic E-state index is 13.0. The lowest BCUT2D eigenvalue weighted by Crippen LogP contribution is -2.34. The number of aliphatic hydroxyl groups is 2. The number of ether oxygens (including phenoxy) is 3. The van der Waals surface area contributed by atoms with Crippen molar-refractivity contribution in [2.75, 3.05) is 7.11 Å². The zero-order chi connectivity index (χ0) is 25.5. The van der Waals surface area contributed by atoms with Crippen LogP contribution in [0.2, 0.25) is 0 Å². The molecule has 8 nitrogen and oxygen atoms in total. The Kier molecular flexibility index (Phi) is 8.81. The molecule has 35 heavy (non-hydrogen) atoms. The first-order valence-corrected chi connectivity index (χ1v) is 11.2. The molecule has 0 bridgehead atoms. The van der Waals surface area contributed by atoms with E-state index in [-0.39, 0.29) is 24.3 Å². The van der Waals surface area contributed by atoms with Crippen LogP contribution in [0.1, 0.15) is 40.4 Å². The van der Waals surface area contributed by atoms with Crippen molar-refractivity contribution in [1.29, 1.82) is 0 Å². The number of phenolic OH excluding ortho intramolecular Hbond substituents is 1. The molecule has 0 radical (unpaired) electrons. The van der Waals surface area contributed by atoms with E-state index in [2.05, 4.69) is 0 Å². The highest BCUT2D eigenvalue weighted by molar-refractivity contribution is 5.97. The van der Waals surface area contributed by atoms with Gasteiger partial charge in [0.1, 0.15) is 35.4 Å². The number of methoxy groups -OCH3 is 1. The van der Waals surface area contributed by atoms with Gasteiger partial charge in [0.05, 0.1) is 19.8 Å². The van der Waals surface area contributed by atoms with Crippen LogP contribution in [0.4, 0.5) is 0 Å². The Morgan fingerprint density at radius 2 is 1.80 bits per heavy atom. The van der Waals surface area contributed by atoms with E-state index >= 15 is 0 Å². The summed E-state index contributed by atoms with van der Waals surface area (Å²) >= 11 is 0. The third kappa shape index (κ3) is 6.79. The van der Waals surface area contributed by atoms with Gasteiger partial charge in [-0.1, -0.05) is 30.4 Å². The zero-order valence-electron chi connectivity index (χ0n) is 19.9.